The third kappa shape index (κ3) is 2.98. The molecule has 1 aromatic rings. The molecule has 17 heavy (non-hydrogen) atoms. The molecule has 1 N–H and O–H groups in total. The van der Waals surface area contributed by atoms with Crippen molar-refractivity contribution in [1.82, 2.24) is 15.2 Å². The van der Waals surface area contributed by atoms with E-state index in [2.05, 4.69) is 20.1 Å². The first-order valence-corrected chi connectivity index (χ1v) is 6.32. The Morgan fingerprint density at radius 1 is 1.35 bits per heavy atom. The van der Waals surface area contributed by atoms with Gasteiger partial charge in [0.15, 0.2) is 5.11 Å². The van der Waals surface area contributed by atoms with Gasteiger partial charge in [0.2, 0.25) is 0 Å². The molecule has 0 radical (unpaired) electrons. The Bertz CT molecular complexity index is 387. The number of nitrogens with zero attached hydrogens (tertiary/aromatic N) is 3. The molecule has 0 aromatic carbocycles. The van der Waals surface area contributed by atoms with E-state index in [4.69, 9.17) is 23.8 Å². The van der Waals surface area contributed by atoms with Gasteiger partial charge in [-0.2, -0.15) is 0 Å². The van der Waals surface area contributed by atoms with Gasteiger partial charge >= 0.3 is 0 Å². The van der Waals surface area contributed by atoms with Crippen LogP contribution in [0.1, 0.15) is 0 Å². The van der Waals surface area contributed by atoms with Crippen LogP contribution in [0, 0.1) is 0 Å². The van der Waals surface area contributed by atoms with Crippen molar-refractivity contribution in [2.45, 2.75) is 0 Å². The van der Waals surface area contributed by atoms with Crippen LogP contribution in [0.25, 0.3) is 0 Å². The number of nitrogens with one attached hydrogen (secondary N) is 1. The van der Waals surface area contributed by atoms with Gasteiger partial charge in [0.05, 0.1) is 5.02 Å². The molecular weight excluding hydrogens is 256 g/mol. The van der Waals surface area contributed by atoms with E-state index < -0.39 is 0 Å². The van der Waals surface area contributed by atoms with Gasteiger partial charge in [-0.1, -0.05) is 11.6 Å². The van der Waals surface area contributed by atoms with Gasteiger partial charge in [0.1, 0.15) is 5.82 Å². The number of aromatic nitrogens is 1. The maximum atomic E-state index is 5.82. The zero-order valence-electron chi connectivity index (χ0n) is 9.69. The maximum Gasteiger partial charge on any atom is 0.168 e. The maximum absolute atomic E-state index is 5.82. The third-order valence-electron chi connectivity index (χ3n) is 2.82. The Morgan fingerprint density at radius 2 is 2.06 bits per heavy atom. The third-order valence-corrected chi connectivity index (χ3v) is 3.50. The quantitative estimate of drug-likeness (QED) is 0.779. The van der Waals surface area contributed by atoms with Gasteiger partial charge < -0.3 is 15.1 Å². The van der Waals surface area contributed by atoms with Crippen molar-refractivity contribution in [2.24, 2.45) is 0 Å². The van der Waals surface area contributed by atoms with Crippen LogP contribution in [-0.2, 0) is 0 Å². The number of hydrogen-bond acceptors (Lipinski definition) is 3. The minimum Gasteiger partial charge on any atom is -0.366 e. The van der Waals surface area contributed by atoms with E-state index in [9.17, 15) is 0 Å². The van der Waals surface area contributed by atoms with Gasteiger partial charge in [-0.15, -0.1) is 0 Å². The van der Waals surface area contributed by atoms with Gasteiger partial charge in [0, 0.05) is 39.4 Å². The molecule has 1 aliphatic rings. The van der Waals surface area contributed by atoms with E-state index in [1.165, 1.54) is 0 Å². The summed E-state index contributed by atoms with van der Waals surface area (Å²) in [6.07, 6.45) is 1.68. The summed E-state index contributed by atoms with van der Waals surface area (Å²) in [7, 11) is 1.86. The van der Waals surface area contributed by atoms with Gasteiger partial charge in [-0.3, -0.25) is 0 Å². The molecule has 2 heterocycles. The highest BCUT2D eigenvalue weighted by Gasteiger charge is 2.18. The predicted molar refractivity (Wildman–Crippen MR) is 74.7 cm³/mol. The zero-order chi connectivity index (χ0) is 12.3. The minimum atomic E-state index is 0.670. The second-order valence-corrected chi connectivity index (χ2v) is 4.69. The smallest absolute Gasteiger partial charge is 0.168 e. The Morgan fingerprint density at radius 3 is 2.59 bits per heavy atom. The molecule has 0 atom stereocenters. The van der Waals surface area contributed by atoms with Crippen LogP contribution in [0.15, 0.2) is 18.3 Å². The SMILES string of the molecule is CNC(=S)N1CCN(c2ccc(Cl)cn2)CC1. The Labute approximate surface area is 112 Å². The minimum absolute atomic E-state index is 0.670. The number of rotatable bonds is 1. The van der Waals surface area contributed by atoms with Crippen molar-refractivity contribution < 1.29 is 0 Å². The average molecular weight is 271 g/mol. The second-order valence-electron chi connectivity index (χ2n) is 3.86. The van der Waals surface area contributed by atoms with E-state index in [-0.39, 0.29) is 0 Å². The lowest BCUT2D eigenvalue weighted by atomic mass is 10.3. The summed E-state index contributed by atoms with van der Waals surface area (Å²) in [6, 6.07) is 3.82. The molecule has 2 rings (SSSR count). The van der Waals surface area contributed by atoms with Crippen molar-refractivity contribution in [3.8, 4) is 0 Å². The fourth-order valence-electron chi connectivity index (χ4n) is 1.85. The van der Waals surface area contributed by atoms with Crippen molar-refractivity contribution in [3.63, 3.8) is 0 Å². The summed E-state index contributed by atoms with van der Waals surface area (Å²) < 4.78 is 0. The standard InChI is InChI=1S/C11H15ClN4S/c1-13-11(17)16-6-4-15(5-7-16)10-3-2-9(12)8-14-10/h2-3,8H,4-7H2,1H3,(H,13,17). The van der Waals surface area contributed by atoms with Gasteiger partial charge in [-0.25, -0.2) is 4.98 Å². The van der Waals surface area contributed by atoms with Crippen molar-refractivity contribution in [1.29, 1.82) is 0 Å². The lowest BCUT2D eigenvalue weighted by Crippen LogP contribution is -2.51. The van der Waals surface area contributed by atoms with Crippen LogP contribution in [0.5, 0.6) is 0 Å². The number of hydrogen-bond donors (Lipinski definition) is 1. The van der Waals surface area contributed by atoms with E-state index in [1.807, 2.05) is 19.2 Å². The van der Waals surface area contributed by atoms with E-state index in [1.54, 1.807) is 6.20 Å². The molecule has 92 valence electrons. The van der Waals surface area contributed by atoms with Gasteiger partial charge in [-0.05, 0) is 24.4 Å². The van der Waals surface area contributed by atoms with Crippen LogP contribution in [0.3, 0.4) is 0 Å². The number of anilines is 1. The van der Waals surface area contributed by atoms with E-state index in [0.29, 0.717) is 5.02 Å². The van der Waals surface area contributed by atoms with E-state index >= 15 is 0 Å². The number of piperazine rings is 1. The Hall–Kier alpha value is -1.07. The van der Waals surface area contributed by atoms with Crippen LogP contribution < -0.4 is 10.2 Å². The number of halogens is 1. The van der Waals surface area contributed by atoms with Crippen molar-refractivity contribution >= 4 is 34.7 Å². The largest absolute Gasteiger partial charge is 0.366 e. The molecule has 0 saturated carbocycles. The highest BCUT2D eigenvalue weighted by atomic mass is 35.5. The first-order chi connectivity index (χ1) is 8.20. The molecule has 0 aliphatic carbocycles. The molecule has 1 aliphatic heterocycles. The zero-order valence-corrected chi connectivity index (χ0v) is 11.3. The molecule has 1 aromatic heterocycles. The monoisotopic (exact) mass is 270 g/mol. The molecule has 0 bridgehead atoms. The lowest BCUT2D eigenvalue weighted by molar-refractivity contribution is 0.381. The topological polar surface area (TPSA) is 31.4 Å². The summed E-state index contributed by atoms with van der Waals surface area (Å²) in [5, 5.41) is 4.49. The molecule has 1 fully saturated rings. The summed E-state index contributed by atoms with van der Waals surface area (Å²) in [6.45, 7) is 3.70. The lowest BCUT2D eigenvalue weighted by Gasteiger charge is -2.36. The summed E-state index contributed by atoms with van der Waals surface area (Å²) in [5.41, 5.74) is 0. The highest BCUT2D eigenvalue weighted by Crippen LogP contribution is 2.16. The first-order valence-electron chi connectivity index (χ1n) is 5.54. The molecule has 0 amide bonds. The number of pyridine rings is 1. The summed E-state index contributed by atoms with van der Waals surface area (Å²) >= 11 is 11.0. The normalized spacial score (nSPS) is 15.9. The van der Waals surface area contributed by atoms with Gasteiger partial charge in [0.25, 0.3) is 0 Å². The molecule has 1 saturated heterocycles. The average Bonchev–Trinajstić information content (AvgIpc) is 2.39. The molecule has 4 nitrogen and oxygen atoms in total. The van der Waals surface area contributed by atoms with Crippen LogP contribution >= 0.6 is 23.8 Å². The van der Waals surface area contributed by atoms with Crippen molar-refractivity contribution in [2.75, 3.05) is 38.1 Å². The Kier molecular flexibility index (Phi) is 4.02. The highest BCUT2D eigenvalue weighted by molar-refractivity contribution is 7.80. The first kappa shape index (κ1) is 12.4. The predicted octanol–water partition coefficient (Wildman–Crippen LogP) is 1.36. The summed E-state index contributed by atoms with van der Waals surface area (Å²) in [5.74, 6) is 0.976. The molecule has 6 heteroatoms. The van der Waals surface area contributed by atoms with Crippen molar-refractivity contribution in [3.05, 3.63) is 23.4 Å². The fraction of sp³-hybridized carbons (Fsp3) is 0.455. The molecular formula is C11H15ClN4S. The molecule has 0 unspecified atom stereocenters. The van der Waals surface area contributed by atoms with Crippen LogP contribution in [0.2, 0.25) is 5.02 Å². The van der Waals surface area contributed by atoms with E-state index in [0.717, 1.165) is 37.1 Å². The number of thiocarbonyl (C=S) groups is 1. The van der Waals surface area contributed by atoms with Crippen LogP contribution in [-0.4, -0.2) is 48.2 Å². The molecule has 0 spiro atoms. The summed E-state index contributed by atoms with van der Waals surface area (Å²) in [4.78, 5) is 8.73. The second kappa shape index (κ2) is 5.51. The Balaban J connectivity index is 1.95. The van der Waals surface area contributed by atoms with Crippen LogP contribution in [0.4, 0.5) is 5.82 Å². The fourth-order valence-corrected chi connectivity index (χ4v) is 2.15.